The van der Waals surface area contributed by atoms with Crippen molar-refractivity contribution in [3.05, 3.63) is 119 Å². The van der Waals surface area contributed by atoms with Crippen molar-refractivity contribution in [3.63, 3.8) is 0 Å². The van der Waals surface area contributed by atoms with Crippen molar-refractivity contribution < 1.29 is 21.7 Å². The van der Waals surface area contributed by atoms with E-state index in [4.69, 9.17) is 37.9 Å². The van der Waals surface area contributed by atoms with Crippen LogP contribution in [0.1, 0.15) is 22.3 Å². The summed E-state index contributed by atoms with van der Waals surface area (Å²) in [6.07, 6.45) is 0. The van der Waals surface area contributed by atoms with Crippen molar-refractivity contribution in [3.8, 4) is 0 Å². The normalized spacial score (nSPS) is 8.77. The van der Waals surface area contributed by atoms with Crippen LogP contribution in [0.2, 0.25) is 0 Å². The van der Waals surface area contributed by atoms with Gasteiger partial charge in [0.2, 0.25) is 0 Å². The number of hydrogen-bond acceptors (Lipinski definition) is 3. The molecule has 0 spiro atoms. The molecule has 0 amide bonds. The van der Waals surface area contributed by atoms with Gasteiger partial charge in [-0.2, -0.15) is 43.0 Å². The Morgan fingerprint density at radius 3 is 0.935 bits per heavy atom. The van der Waals surface area contributed by atoms with Crippen LogP contribution >= 0.6 is 0 Å². The monoisotopic (exact) mass is 496 g/mol. The second-order valence-corrected chi connectivity index (χ2v) is 8.11. The minimum Gasteiger partial charge on any atom is -0.780 e. The molecule has 4 aromatic rings. The molecule has 0 aliphatic carbocycles. The van der Waals surface area contributed by atoms with Crippen molar-refractivity contribution in [1.82, 2.24) is 0 Å². The summed E-state index contributed by atoms with van der Waals surface area (Å²) in [6.45, 7) is 8.68. The molecule has 0 saturated heterocycles. The van der Waals surface area contributed by atoms with E-state index < -0.39 is 0 Å². The van der Waals surface area contributed by atoms with Gasteiger partial charge >= 0.3 is 21.7 Å². The molecule has 0 aromatic heterocycles. The van der Waals surface area contributed by atoms with E-state index >= 15 is 0 Å². The van der Waals surface area contributed by atoms with Gasteiger partial charge in [-0.25, -0.2) is 0 Å². The van der Waals surface area contributed by atoms with E-state index in [0.29, 0.717) is 0 Å². The van der Waals surface area contributed by atoms with Crippen LogP contribution in [0.3, 0.4) is 0 Å². The van der Waals surface area contributed by atoms with E-state index in [1.807, 2.05) is 91.0 Å². The molecule has 31 heavy (non-hydrogen) atoms. The molecule has 4 rings (SSSR count). The van der Waals surface area contributed by atoms with Crippen LogP contribution in [-0.4, -0.2) is 0 Å². The first kappa shape index (κ1) is 29.4. The molecule has 0 nitrogen and oxygen atoms in total. The van der Waals surface area contributed by atoms with E-state index in [1.165, 1.54) is 22.3 Å². The minimum absolute atomic E-state index is 0. The summed E-state index contributed by atoms with van der Waals surface area (Å²) in [6, 6.07) is 31.1. The van der Waals surface area contributed by atoms with Crippen LogP contribution in [-0.2, 0) is 59.6 Å². The molecule has 0 heterocycles. The first-order valence-corrected chi connectivity index (χ1v) is 10.9. The Balaban J connectivity index is 0.000000385. The third-order valence-corrected chi connectivity index (χ3v) is 5.22. The Morgan fingerprint density at radius 1 is 0.548 bits per heavy atom. The third-order valence-electron chi connectivity index (χ3n) is 4.41. The average molecular weight is 497 g/mol. The largest absolute Gasteiger partial charge is 4.00 e. The van der Waals surface area contributed by atoms with Crippen molar-refractivity contribution >= 4 is 37.9 Å². The number of benzene rings is 3. The van der Waals surface area contributed by atoms with Gasteiger partial charge in [-0.05, 0) is 0 Å². The molecule has 0 radical (unpaired) electrons. The molecule has 158 valence electrons. The zero-order valence-electron chi connectivity index (χ0n) is 18.5. The van der Waals surface area contributed by atoms with E-state index in [9.17, 15) is 0 Å². The van der Waals surface area contributed by atoms with Crippen LogP contribution in [0.25, 0.3) is 0 Å². The smallest absolute Gasteiger partial charge is 0.780 e. The predicted molar refractivity (Wildman–Crippen MR) is 137 cm³/mol. The quantitative estimate of drug-likeness (QED) is 0.141. The summed E-state index contributed by atoms with van der Waals surface area (Å²) in [7, 11) is 0. The Labute approximate surface area is 220 Å². The second kappa shape index (κ2) is 17.0. The van der Waals surface area contributed by atoms with Gasteiger partial charge < -0.3 is 37.9 Å². The number of aryl methyl sites for hydroxylation is 2. The van der Waals surface area contributed by atoms with Gasteiger partial charge in [0.15, 0.2) is 0 Å². The zero-order chi connectivity index (χ0) is 22.4. The molecular formula is C27H28S3Ti. The third kappa shape index (κ3) is 13.4. The first-order valence-electron chi connectivity index (χ1n) is 9.67. The van der Waals surface area contributed by atoms with Crippen molar-refractivity contribution in [2.75, 3.05) is 0 Å². The van der Waals surface area contributed by atoms with Gasteiger partial charge in [0.05, 0.1) is 0 Å². The maximum Gasteiger partial charge on any atom is 4.00 e. The zero-order valence-corrected chi connectivity index (χ0v) is 22.5. The van der Waals surface area contributed by atoms with E-state index in [1.54, 1.807) is 0 Å². The molecule has 4 heteroatoms. The summed E-state index contributed by atoms with van der Waals surface area (Å²) >= 11 is 14.4. The molecule has 0 saturated carbocycles. The second-order valence-electron chi connectivity index (χ2n) is 6.70. The van der Waals surface area contributed by atoms with Crippen molar-refractivity contribution in [2.45, 2.75) is 42.4 Å². The summed E-state index contributed by atoms with van der Waals surface area (Å²) in [5, 5.41) is 0. The van der Waals surface area contributed by atoms with E-state index in [2.05, 4.69) is 33.8 Å². The summed E-state index contributed by atoms with van der Waals surface area (Å²) in [5.74, 6) is 0. The Hall–Kier alpha value is -1.62. The number of rotatable bonds is 0. The molecule has 0 bridgehead atoms. The fourth-order valence-electron chi connectivity index (χ4n) is 2.39. The van der Waals surface area contributed by atoms with Gasteiger partial charge in [-0.3, -0.25) is 0 Å². The molecule has 0 atom stereocenters. The molecule has 4 aromatic carbocycles. The Morgan fingerprint density at radius 2 is 0.839 bits per heavy atom. The fourth-order valence-corrected chi connectivity index (χ4v) is 2.87. The van der Waals surface area contributed by atoms with Crippen LogP contribution < -0.4 is 0 Å². The molecule has 0 unspecified atom stereocenters. The van der Waals surface area contributed by atoms with Gasteiger partial charge in [0.25, 0.3) is 0 Å². The SMILES string of the molecule is Cc1c[c-](C)c(C)c1C.[S-]c1ccccc1.[S-]c1ccccc1.[S-]c1ccccc1.[Ti+4]. The predicted octanol–water partition coefficient (Wildman–Crippen LogP) is 7.41. The van der Waals surface area contributed by atoms with Gasteiger partial charge in [0.1, 0.15) is 0 Å². The molecule has 0 fully saturated rings. The standard InChI is InChI=1S/C9H13.3C6H6S.Ti/c1-6-5-7(2)9(4)8(6)3;3*7-6-4-2-1-3-5-6;/h5H,1-4H3;3*1-5,7H;/q-1;;;;+4/p-3. The van der Waals surface area contributed by atoms with Crippen LogP contribution in [0.4, 0.5) is 0 Å². The minimum atomic E-state index is 0. The molecule has 0 aliphatic heterocycles. The maximum absolute atomic E-state index is 4.81. The summed E-state index contributed by atoms with van der Waals surface area (Å²) in [4.78, 5) is 2.72. The van der Waals surface area contributed by atoms with Crippen LogP contribution in [0.15, 0.2) is 112 Å². The van der Waals surface area contributed by atoms with Gasteiger partial charge in [-0.1, -0.05) is 119 Å². The van der Waals surface area contributed by atoms with Gasteiger partial charge in [0, 0.05) is 0 Å². The summed E-state index contributed by atoms with van der Waals surface area (Å²) < 4.78 is 0. The Kier molecular flexibility index (Phi) is 16.1. The maximum atomic E-state index is 4.81. The van der Waals surface area contributed by atoms with Crippen molar-refractivity contribution in [2.24, 2.45) is 0 Å². The van der Waals surface area contributed by atoms with Crippen LogP contribution in [0.5, 0.6) is 0 Å². The van der Waals surface area contributed by atoms with E-state index in [-0.39, 0.29) is 21.7 Å². The first-order chi connectivity index (χ1) is 14.3. The van der Waals surface area contributed by atoms with Crippen molar-refractivity contribution in [1.29, 1.82) is 0 Å². The number of hydrogen-bond donors (Lipinski definition) is 0. The topological polar surface area (TPSA) is 0 Å². The Bertz CT molecular complexity index is 838. The fraction of sp³-hybridized carbons (Fsp3) is 0.148. The van der Waals surface area contributed by atoms with E-state index in [0.717, 1.165) is 14.7 Å². The van der Waals surface area contributed by atoms with Crippen LogP contribution in [0, 0.1) is 27.7 Å². The molecule has 0 N–H and O–H groups in total. The van der Waals surface area contributed by atoms with Gasteiger partial charge in [-0.15, -0.1) is 0 Å². The summed E-state index contributed by atoms with van der Waals surface area (Å²) in [5.41, 5.74) is 5.75. The molecule has 0 aliphatic rings. The molecular weight excluding hydrogens is 468 g/mol. The average Bonchev–Trinajstić information content (AvgIpc) is 2.97.